The van der Waals surface area contributed by atoms with E-state index in [0.717, 1.165) is 27.9 Å². The van der Waals surface area contributed by atoms with Crippen LogP contribution in [-0.4, -0.2) is 33.2 Å². The topological polar surface area (TPSA) is 111 Å². The molecular weight excluding hydrogens is 630 g/mol. The number of nitrogens with zero attached hydrogens (tertiary/aromatic N) is 2. The van der Waals surface area contributed by atoms with E-state index in [0.29, 0.717) is 21.5 Å². The molecule has 0 radical (unpaired) electrons. The lowest BCUT2D eigenvalue weighted by atomic mass is 10.1. The molecule has 0 unspecified atom stereocenters. The van der Waals surface area contributed by atoms with E-state index in [4.69, 9.17) is 33.3 Å². The van der Waals surface area contributed by atoms with Crippen molar-refractivity contribution in [2.24, 2.45) is 0 Å². The highest BCUT2D eigenvalue weighted by Crippen LogP contribution is 2.38. The van der Waals surface area contributed by atoms with E-state index < -0.39 is 16.7 Å². The van der Waals surface area contributed by atoms with Crippen molar-refractivity contribution in [2.75, 3.05) is 7.11 Å². The van der Waals surface area contributed by atoms with Crippen molar-refractivity contribution in [2.45, 2.75) is 13.5 Å². The third-order valence-corrected chi connectivity index (χ3v) is 7.79. The molecule has 1 N–H and O–H groups in total. The van der Waals surface area contributed by atoms with Gasteiger partial charge in [0.1, 0.15) is 6.61 Å². The van der Waals surface area contributed by atoms with E-state index in [1.54, 1.807) is 48.5 Å². The zero-order valence-corrected chi connectivity index (χ0v) is 24.4. The maximum Gasteiger partial charge on any atom is 0.285 e. The minimum atomic E-state index is -0.560. The first-order valence-corrected chi connectivity index (χ1v) is 13.6. The van der Waals surface area contributed by atoms with Crippen LogP contribution in [0.1, 0.15) is 27.0 Å². The molecule has 1 aliphatic heterocycles. The van der Waals surface area contributed by atoms with E-state index in [9.17, 15) is 19.7 Å². The minimum absolute atomic E-state index is 0.00708. The number of aryl methyl sites for hydroxylation is 1. The van der Waals surface area contributed by atoms with Crippen LogP contribution < -0.4 is 14.9 Å². The highest BCUT2D eigenvalue weighted by molar-refractivity contribution is 9.10. The van der Waals surface area contributed by atoms with Gasteiger partial charge in [0.25, 0.3) is 17.5 Å². The van der Waals surface area contributed by atoms with E-state index in [1.165, 1.54) is 19.2 Å². The number of hydrogen-bond donors (Lipinski definition) is 1. The van der Waals surface area contributed by atoms with Crippen LogP contribution in [0.3, 0.4) is 0 Å². The Balaban J connectivity index is 1.50. The molecule has 1 heterocycles. The van der Waals surface area contributed by atoms with E-state index >= 15 is 0 Å². The molecule has 0 aliphatic carbocycles. The smallest absolute Gasteiger partial charge is 0.285 e. The van der Waals surface area contributed by atoms with Crippen LogP contribution in [0.2, 0.25) is 5.02 Å². The largest absolute Gasteiger partial charge is 0.493 e. The van der Waals surface area contributed by atoms with Crippen molar-refractivity contribution >= 4 is 79.4 Å². The number of non-ortho nitro benzene ring substituents is 1. The van der Waals surface area contributed by atoms with Crippen molar-refractivity contribution in [3.05, 3.63) is 101 Å². The van der Waals surface area contributed by atoms with Gasteiger partial charge in [-0.15, -0.1) is 0 Å². The maximum absolute atomic E-state index is 13.1. The number of nitro benzene ring substituents is 1. The first-order valence-electron chi connectivity index (χ1n) is 11.2. The van der Waals surface area contributed by atoms with Gasteiger partial charge in [0.05, 0.1) is 27.5 Å². The number of thiocarbonyl (C=S) groups is 1. The molecule has 39 heavy (non-hydrogen) atoms. The molecule has 0 atom stereocenters. The molecule has 1 aliphatic rings. The minimum Gasteiger partial charge on any atom is -0.493 e. The summed E-state index contributed by atoms with van der Waals surface area (Å²) >= 11 is 16.0. The number of nitrogens with one attached hydrogen (secondary N) is 1. The fourth-order valence-corrected chi connectivity index (χ4v) is 5.41. The normalized spacial score (nSPS) is 14.1. The van der Waals surface area contributed by atoms with Crippen molar-refractivity contribution in [3.63, 3.8) is 0 Å². The molecule has 0 aromatic heterocycles. The summed E-state index contributed by atoms with van der Waals surface area (Å²) in [6, 6.07) is 14.4. The lowest BCUT2D eigenvalue weighted by Crippen LogP contribution is -2.44. The summed E-state index contributed by atoms with van der Waals surface area (Å²) in [5.41, 5.74) is 4.98. The van der Waals surface area contributed by atoms with Crippen LogP contribution in [0, 0.1) is 17.0 Å². The second kappa shape index (κ2) is 12.2. The van der Waals surface area contributed by atoms with Gasteiger partial charge < -0.3 is 9.47 Å². The number of benzene rings is 3. The van der Waals surface area contributed by atoms with E-state index in [-0.39, 0.29) is 32.1 Å². The molecule has 3 aromatic rings. The molecule has 4 rings (SSSR count). The predicted molar refractivity (Wildman–Crippen MR) is 157 cm³/mol. The van der Waals surface area contributed by atoms with Gasteiger partial charge >= 0.3 is 0 Å². The fraction of sp³-hybridized carbons (Fsp3) is 0.115. The number of halogens is 2. The second-order valence-corrected chi connectivity index (χ2v) is 11.1. The molecule has 0 spiro atoms. The standard InChI is InChI=1S/C26H19BrClN3O6S2/c1-14-3-8-18(20(28)9-14)24(32)29-30-25(33)23(39-26(30)38)11-16-10-21(36-2)22(12-19(16)27)37-13-15-4-6-17(7-5-15)31(34)35/h3-12H,13H2,1-2H3,(H,29,32)/b23-11+. The molecule has 1 fully saturated rings. The fourth-order valence-electron chi connectivity index (χ4n) is 3.48. The molecule has 13 heteroatoms. The van der Waals surface area contributed by atoms with Crippen molar-refractivity contribution in [1.82, 2.24) is 10.4 Å². The first kappa shape index (κ1) is 28.6. The number of hydrogen-bond acceptors (Lipinski definition) is 8. The quantitative estimate of drug-likeness (QED) is 0.128. The second-order valence-electron chi connectivity index (χ2n) is 8.18. The maximum atomic E-state index is 13.1. The summed E-state index contributed by atoms with van der Waals surface area (Å²) in [4.78, 5) is 36.5. The third-order valence-electron chi connectivity index (χ3n) is 5.49. The number of nitro groups is 1. The molecule has 0 saturated carbocycles. The highest BCUT2D eigenvalue weighted by atomic mass is 79.9. The Kier molecular flexibility index (Phi) is 8.90. The van der Waals surface area contributed by atoms with Gasteiger partial charge in [-0.1, -0.05) is 45.4 Å². The van der Waals surface area contributed by atoms with Gasteiger partial charge in [0.2, 0.25) is 0 Å². The monoisotopic (exact) mass is 647 g/mol. The average molecular weight is 649 g/mol. The Hall–Kier alpha value is -3.45. The summed E-state index contributed by atoms with van der Waals surface area (Å²) in [5, 5.41) is 12.1. The van der Waals surface area contributed by atoms with Gasteiger partial charge in [0.15, 0.2) is 15.8 Å². The highest BCUT2D eigenvalue weighted by Gasteiger charge is 2.34. The number of amides is 2. The number of rotatable bonds is 8. The van der Waals surface area contributed by atoms with Crippen LogP contribution in [0.5, 0.6) is 11.5 Å². The average Bonchev–Trinajstić information content (AvgIpc) is 3.16. The zero-order chi connectivity index (χ0) is 28.3. The summed E-state index contributed by atoms with van der Waals surface area (Å²) in [5.74, 6) is -0.223. The van der Waals surface area contributed by atoms with E-state index in [1.807, 2.05) is 6.92 Å². The van der Waals surface area contributed by atoms with Crippen LogP contribution >= 0.6 is 51.5 Å². The number of hydrazine groups is 1. The Morgan fingerprint density at radius 3 is 2.56 bits per heavy atom. The molecule has 2 amide bonds. The Labute approximate surface area is 246 Å². The molecule has 200 valence electrons. The van der Waals surface area contributed by atoms with Crippen LogP contribution in [0.4, 0.5) is 5.69 Å². The molecular formula is C26H19BrClN3O6S2. The number of carbonyl (C=O) groups excluding carboxylic acids is 2. The zero-order valence-electron chi connectivity index (χ0n) is 20.4. The molecule has 9 nitrogen and oxygen atoms in total. The van der Waals surface area contributed by atoms with Gasteiger partial charge in [-0.2, -0.15) is 5.01 Å². The Bertz CT molecular complexity index is 1530. The van der Waals surface area contributed by atoms with Crippen molar-refractivity contribution in [3.8, 4) is 11.5 Å². The van der Waals surface area contributed by atoms with Crippen molar-refractivity contribution in [1.29, 1.82) is 0 Å². The predicted octanol–water partition coefficient (Wildman–Crippen LogP) is 6.45. The van der Waals surface area contributed by atoms with E-state index in [2.05, 4.69) is 21.4 Å². The number of thioether (sulfide) groups is 1. The Morgan fingerprint density at radius 1 is 1.21 bits per heavy atom. The van der Waals surface area contributed by atoms with Crippen LogP contribution in [-0.2, 0) is 11.4 Å². The summed E-state index contributed by atoms with van der Waals surface area (Å²) in [6.07, 6.45) is 1.62. The summed E-state index contributed by atoms with van der Waals surface area (Å²) in [7, 11) is 1.48. The van der Waals surface area contributed by atoms with Gasteiger partial charge in [-0.05, 0) is 78.3 Å². The number of carbonyl (C=O) groups is 2. The SMILES string of the molecule is COc1cc(/C=C2/SC(=S)N(NC(=O)c3ccc(C)cc3Cl)C2=O)c(Br)cc1OCc1ccc([N+](=O)[O-])cc1. The molecule has 0 bridgehead atoms. The summed E-state index contributed by atoms with van der Waals surface area (Å²) in [6.45, 7) is 2.01. The number of ether oxygens (including phenoxy) is 2. The molecule has 3 aromatic carbocycles. The van der Waals surface area contributed by atoms with Crippen LogP contribution in [0.25, 0.3) is 6.08 Å². The van der Waals surface area contributed by atoms with Crippen molar-refractivity contribution < 1.29 is 24.0 Å². The first-order chi connectivity index (χ1) is 18.6. The Morgan fingerprint density at radius 2 is 1.92 bits per heavy atom. The van der Waals surface area contributed by atoms with Gasteiger partial charge in [-0.3, -0.25) is 25.1 Å². The lowest BCUT2D eigenvalue weighted by Gasteiger charge is -2.16. The summed E-state index contributed by atoms with van der Waals surface area (Å²) < 4.78 is 12.1. The molecule has 1 saturated heterocycles. The van der Waals surface area contributed by atoms with Gasteiger partial charge in [-0.25, -0.2) is 0 Å². The lowest BCUT2D eigenvalue weighted by molar-refractivity contribution is -0.384. The van der Waals surface area contributed by atoms with Crippen LogP contribution in [0.15, 0.2) is 64.0 Å². The third kappa shape index (κ3) is 6.59. The van der Waals surface area contributed by atoms with Gasteiger partial charge in [0, 0.05) is 16.6 Å². The number of methoxy groups -OCH3 is 1.